The van der Waals surface area contributed by atoms with Gasteiger partial charge in [-0.2, -0.15) is 0 Å². The van der Waals surface area contributed by atoms with Gasteiger partial charge in [-0.15, -0.1) is 0 Å². The van der Waals surface area contributed by atoms with Crippen LogP contribution in [0.2, 0.25) is 0 Å². The van der Waals surface area contributed by atoms with Gasteiger partial charge in [0.05, 0.1) is 12.2 Å². The fraction of sp³-hybridized carbons (Fsp3) is 0.750. The molecule has 2 fully saturated rings. The van der Waals surface area contributed by atoms with E-state index in [0.29, 0.717) is 25.0 Å². The van der Waals surface area contributed by atoms with Gasteiger partial charge in [-0.25, -0.2) is 4.39 Å². The van der Waals surface area contributed by atoms with Crippen molar-refractivity contribution < 1.29 is 29.2 Å². The van der Waals surface area contributed by atoms with E-state index >= 15 is 0 Å². The number of ether oxygens (including phenoxy) is 1. The first kappa shape index (κ1) is 24.6. The summed E-state index contributed by atoms with van der Waals surface area (Å²) in [6.07, 6.45) is 7.34. The maximum atomic E-state index is 14.2. The van der Waals surface area contributed by atoms with Crippen LogP contribution < -0.4 is 0 Å². The molecule has 0 spiro atoms. The van der Waals surface area contributed by atoms with Crippen molar-refractivity contribution >= 4 is 35.5 Å². The number of rotatable bonds is 10. The number of carbonyl (C=O) groups is 1. The third-order valence-corrected chi connectivity index (χ3v) is 5.35. The molecule has 1 saturated carbocycles. The molecule has 27 heavy (non-hydrogen) atoms. The first-order valence-electron chi connectivity index (χ1n) is 9.72. The van der Waals surface area contributed by atoms with Gasteiger partial charge in [-0.3, -0.25) is 4.79 Å². The summed E-state index contributed by atoms with van der Waals surface area (Å²) in [7, 11) is 0. The number of aliphatic hydroxyl groups excluding tert-OH is 2. The van der Waals surface area contributed by atoms with Crippen molar-refractivity contribution in [2.24, 2.45) is 11.8 Å². The Hall–Kier alpha value is -0.400. The Morgan fingerprint density at radius 1 is 1.33 bits per heavy atom. The van der Waals surface area contributed by atoms with Crippen LogP contribution in [-0.4, -0.2) is 69.2 Å². The van der Waals surface area contributed by atoms with Crippen molar-refractivity contribution in [3.05, 3.63) is 23.7 Å². The summed E-state index contributed by atoms with van der Waals surface area (Å²) in [4.78, 5) is 10.5. The van der Waals surface area contributed by atoms with Crippen molar-refractivity contribution in [1.82, 2.24) is 0 Å². The van der Waals surface area contributed by atoms with Crippen LogP contribution in [0.5, 0.6) is 0 Å². The van der Waals surface area contributed by atoms with Crippen LogP contribution in [0.3, 0.4) is 0 Å². The van der Waals surface area contributed by atoms with E-state index in [4.69, 9.17) is 9.84 Å². The predicted octanol–water partition coefficient (Wildman–Crippen LogP) is 3.06. The second-order valence-electron chi connectivity index (χ2n) is 7.43. The minimum absolute atomic E-state index is 0. The van der Waals surface area contributed by atoms with Crippen molar-refractivity contribution in [2.75, 3.05) is 0 Å². The van der Waals surface area contributed by atoms with E-state index in [1.165, 1.54) is 0 Å². The fourth-order valence-corrected chi connectivity index (χ4v) is 3.89. The van der Waals surface area contributed by atoms with Crippen LogP contribution in [0.25, 0.3) is 0 Å². The summed E-state index contributed by atoms with van der Waals surface area (Å²) in [6.45, 7) is 2.11. The van der Waals surface area contributed by atoms with E-state index < -0.39 is 18.2 Å². The maximum absolute atomic E-state index is 14.2. The molecule has 1 aliphatic heterocycles. The fourth-order valence-electron chi connectivity index (χ4n) is 3.89. The molecule has 0 aromatic carbocycles. The molecule has 150 valence electrons. The first-order chi connectivity index (χ1) is 12.4. The van der Waals surface area contributed by atoms with Gasteiger partial charge in [0.2, 0.25) is 0 Å². The van der Waals surface area contributed by atoms with E-state index in [2.05, 4.69) is 6.92 Å². The van der Waals surface area contributed by atoms with Gasteiger partial charge in [0.25, 0.3) is 0 Å². The second kappa shape index (κ2) is 12.2. The van der Waals surface area contributed by atoms with Crippen molar-refractivity contribution in [1.29, 1.82) is 0 Å². The molecular weight excluding hydrogens is 362 g/mol. The number of unbranched alkanes of at least 4 members (excludes halogenated alkanes) is 2. The third kappa shape index (κ3) is 7.50. The average Bonchev–Trinajstić information content (AvgIpc) is 3.10. The zero-order valence-electron chi connectivity index (χ0n) is 15.4. The van der Waals surface area contributed by atoms with Crippen LogP contribution in [0.1, 0.15) is 64.7 Å². The van der Waals surface area contributed by atoms with Gasteiger partial charge in [0, 0.05) is 37.5 Å². The summed E-state index contributed by atoms with van der Waals surface area (Å²) in [5.74, 6) is -1.15. The summed E-state index contributed by atoms with van der Waals surface area (Å²) >= 11 is 0. The number of hydrogen-bond donors (Lipinski definition) is 3. The Labute approximate surface area is 183 Å². The molecule has 5 unspecified atom stereocenters. The second-order valence-corrected chi connectivity index (χ2v) is 7.43. The van der Waals surface area contributed by atoms with Crippen LogP contribution in [0.4, 0.5) is 4.39 Å². The van der Waals surface area contributed by atoms with Gasteiger partial charge in [-0.1, -0.05) is 38.3 Å². The third-order valence-electron chi connectivity index (χ3n) is 5.35. The first-order valence-corrected chi connectivity index (χ1v) is 9.72. The van der Waals surface area contributed by atoms with Crippen LogP contribution in [0.15, 0.2) is 23.7 Å². The monoisotopic (exact) mass is 394 g/mol. The molecule has 0 amide bonds. The van der Waals surface area contributed by atoms with Gasteiger partial charge in [0.15, 0.2) is 0 Å². The quantitative estimate of drug-likeness (QED) is 0.301. The van der Waals surface area contributed by atoms with Crippen molar-refractivity contribution in [3.8, 4) is 0 Å². The Balaban J connectivity index is 0.00000364. The Morgan fingerprint density at radius 2 is 2.07 bits per heavy atom. The van der Waals surface area contributed by atoms with Crippen molar-refractivity contribution in [2.45, 2.75) is 83.0 Å². The topological polar surface area (TPSA) is 87.0 Å². The molecule has 3 N–H and O–H groups in total. The molecule has 0 radical (unpaired) electrons. The molecule has 1 aliphatic carbocycles. The molecule has 0 aromatic heterocycles. The van der Waals surface area contributed by atoms with E-state index in [9.17, 15) is 19.4 Å². The molecule has 2 aliphatic rings. The number of fused-ring (bicyclic) bond motifs is 1. The molecule has 0 bridgehead atoms. The van der Waals surface area contributed by atoms with Crippen molar-refractivity contribution in [3.63, 3.8) is 0 Å². The molecule has 7 heteroatoms. The van der Waals surface area contributed by atoms with Gasteiger partial charge < -0.3 is 20.1 Å². The Kier molecular flexibility index (Phi) is 11.2. The van der Waals surface area contributed by atoms with Gasteiger partial charge in [-0.05, 0) is 12.8 Å². The summed E-state index contributed by atoms with van der Waals surface area (Å²) in [5, 5.41) is 28.9. The Morgan fingerprint density at radius 3 is 2.74 bits per heavy atom. The zero-order valence-corrected chi connectivity index (χ0v) is 15.4. The molecule has 0 aromatic rings. The number of carboxylic acid groups (broad SMARTS) is 1. The number of aliphatic hydroxyl groups is 2. The number of carboxylic acids is 1. The number of hydrogen-bond acceptors (Lipinski definition) is 4. The summed E-state index contributed by atoms with van der Waals surface area (Å²) in [6, 6.07) is 0. The SMILES string of the molecule is CCCCCC(O)C=CC1C(O)CC2OC(=C(F)CCCC(=O)O)CC21.[NaH]. The average molecular weight is 394 g/mol. The minimum atomic E-state index is -0.933. The molecule has 5 atom stereocenters. The zero-order chi connectivity index (χ0) is 19.1. The van der Waals surface area contributed by atoms with Gasteiger partial charge >= 0.3 is 35.5 Å². The summed E-state index contributed by atoms with van der Waals surface area (Å²) in [5.41, 5.74) is 0. The van der Waals surface area contributed by atoms with Crippen LogP contribution in [-0.2, 0) is 9.53 Å². The van der Waals surface area contributed by atoms with E-state index in [-0.39, 0.29) is 72.6 Å². The standard InChI is InChI=1S/C20H31FO5.Na.H/c1-2-3-4-6-13(22)9-10-14-15-11-19(26-18(15)12-17(14)23)16(21)7-5-8-20(24)25;;/h9-10,13-15,17-18,22-23H,2-8,11-12H2,1H3,(H,24,25);;. The van der Waals surface area contributed by atoms with E-state index in [1.807, 2.05) is 6.08 Å². The predicted molar refractivity (Wildman–Crippen MR) is 103 cm³/mol. The summed E-state index contributed by atoms with van der Waals surface area (Å²) < 4.78 is 19.9. The molecule has 1 heterocycles. The number of halogens is 1. The van der Waals surface area contributed by atoms with E-state index in [0.717, 1.165) is 19.3 Å². The van der Waals surface area contributed by atoms with Crippen LogP contribution >= 0.6 is 0 Å². The Bertz CT molecular complexity index is 536. The molecule has 2 rings (SSSR count). The molecule has 5 nitrogen and oxygen atoms in total. The van der Waals surface area contributed by atoms with E-state index in [1.54, 1.807) is 6.08 Å². The number of aliphatic carboxylic acids is 1. The number of allylic oxidation sites excluding steroid dienone is 2. The molecule has 1 saturated heterocycles. The van der Waals surface area contributed by atoms with Gasteiger partial charge in [0.1, 0.15) is 17.7 Å². The van der Waals surface area contributed by atoms with Crippen LogP contribution in [0, 0.1) is 11.8 Å². The normalized spacial score (nSPS) is 29.9. The molecular formula is C20H32FNaO5.